The lowest BCUT2D eigenvalue weighted by Gasteiger charge is -2.17. The quantitative estimate of drug-likeness (QED) is 0.179. The fourth-order valence-electron chi connectivity index (χ4n) is 9.06. The van der Waals surface area contributed by atoms with Gasteiger partial charge in [0, 0.05) is 44.0 Å². The van der Waals surface area contributed by atoms with Gasteiger partial charge >= 0.3 is 0 Å². The van der Waals surface area contributed by atoms with Crippen LogP contribution in [-0.2, 0) is 0 Å². The van der Waals surface area contributed by atoms with Crippen LogP contribution in [0.2, 0.25) is 0 Å². The highest BCUT2D eigenvalue weighted by atomic mass is 32.2. The second kappa shape index (κ2) is 11.6. The van der Waals surface area contributed by atoms with Crippen LogP contribution in [0, 0.1) is 0 Å². The molecular weight excluding hydrogens is 649 g/mol. The van der Waals surface area contributed by atoms with Crippen molar-refractivity contribution in [2.75, 3.05) is 0 Å². The van der Waals surface area contributed by atoms with Crippen molar-refractivity contribution in [3.63, 3.8) is 0 Å². The molecule has 0 radical (unpaired) electrons. The Morgan fingerprint density at radius 1 is 0.577 bits per heavy atom. The molecule has 1 aliphatic heterocycles. The first kappa shape index (κ1) is 29.9. The van der Waals surface area contributed by atoms with Crippen LogP contribution in [0.15, 0.2) is 168 Å². The smallest absolute Gasteiger partial charge is 0.0548 e. The van der Waals surface area contributed by atoms with Crippen LogP contribution in [0.5, 0.6) is 0 Å². The van der Waals surface area contributed by atoms with E-state index in [9.17, 15) is 0 Å². The van der Waals surface area contributed by atoms with Gasteiger partial charge in [-0.25, -0.2) is 0 Å². The van der Waals surface area contributed by atoms with E-state index in [2.05, 4.69) is 180 Å². The Bertz CT molecular complexity index is 2830. The average molecular weight is 685 g/mol. The summed E-state index contributed by atoms with van der Waals surface area (Å²) in [5.74, 6) is 0.944. The van der Waals surface area contributed by atoms with Gasteiger partial charge in [-0.15, -0.1) is 0 Å². The zero-order chi connectivity index (χ0) is 34.3. The molecule has 0 amide bonds. The van der Waals surface area contributed by atoms with E-state index in [1.54, 1.807) is 0 Å². The molecule has 0 fully saturated rings. The van der Waals surface area contributed by atoms with Crippen molar-refractivity contribution in [2.24, 2.45) is 0 Å². The van der Waals surface area contributed by atoms with Crippen LogP contribution < -0.4 is 0 Å². The summed E-state index contributed by atoms with van der Waals surface area (Å²) in [4.78, 5) is 2.90. The van der Waals surface area contributed by atoms with Crippen molar-refractivity contribution in [1.82, 2.24) is 9.13 Å². The minimum Gasteiger partial charge on any atom is -0.310 e. The predicted octanol–water partition coefficient (Wildman–Crippen LogP) is 13.6. The molecule has 0 saturated carbocycles. The third-order valence-electron chi connectivity index (χ3n) is 11.5. The summed E-state index contributed by atoms with van der Waals surface area (Å²) in [5, 5.41) is 3.90. The lowest BCUT2D eigenvalue weighted by molar-refractivity contribution is 0.773. The van der Waals surface area contributed by atoms with E-state index in [-0.39, 0.29) is 0 Å². The molecule has 3 heterocycles. The number of rotatable bonds is 4. The second-order valence-corrected chi connectivity index (χ2v) is 15.6. The Balaban J connectivity index is 1.05. The number of thioether (sulfide) groups is 1. The summed E-state index contributed by atoms with van der Waals surface area (Å²) in [6.45, 7) is 2.38. The molecule has 3 aliphatic rings. The van der Waals surface area contributed by atoms with Gasteiger partial charge in [0.2, 0.25) is 0 Å². The Labute approximate surface area is 308 Å². The molecule has 2 aliphatic carbocycles. The predicted molar refractivity (Wildman–Crippen MR) is 221 cm³/mol. The van der Waals surface area contributed by atoms with Gasteiger partial charge in [0.25, 0.3) is 0 Å². The number of para-hydroxylation sites is 2. The van der Waals surface area contributed by atoms with Gasteiger partial charge in [-0.1, -0.05) is 134 Å². The molecule has 2 nitrogen and oxygen atoms in total. The number of fused-ring (bicyclic) bond motifs is 9. The molecule has 0 spiro atoms. The average Bonchev–Trinajstić information content (AvgIpc) is 3.85. The Kier molecular flexibility index (Phi) is 6.69. The highest BCUT2D eigenvalue weighted by molar-refractivity contribution is 8.03. The second-order valence-electron chi connectivity index (χ2n) is 14.5. The van der Waals surface area contributed by atoms with Crippen LogP contribution in [0.25, 0.3) is 72.4 Å². The molecule has 11 rings (SSSR count). The Morgan fingerprint density at radius 3 is 2.25 bits per heavy atom. The summed E-state index contributed by atoms with van der Waals surface area (Å²) in [5.41, 5.74) is 15.4. The van der Waals surface area contributed by atoms with Gasteiger partial charge in [-0.2, -0.15) is 0 Å². The maximum absolute atomic E-state index is 2.51. The van der Waals surface area contributed by atoms with Crippen LogP contribution in [0.4, 0.5) is 0 Å². The van der Waals surface area contributed by atoms with E-state index >= 15 is 0 Å². The van der Waals surface area contributed by atoms with Gasteiger partial charge in [0.05, 0.1) is 16.6 Å². The first-order valence-corrected chi connectivity index (χ1v) is 19.2. The zero-order valence-corrected chi connectivity index (χ0v) is 29.8. The van der Waals surface area contributed by atoms with Crippen molar-refractivity contribution in [3.05, 3.63) is 179 Å². The van der Waals surface area contributed by atoms with E-state index in [0.717, 1.165) is 12.8 Å². The van der Waals surface area contributed by atoms with Crippen LogP contribution in [-0.4, -0.2) is 9.13 Å². The summed E-state index contributed by atoms with van der Waals surface area (Å²) in [6, 6.07) is 49.7. The molecule has 2 aromatic heterocycles. The van der Waals surface area contributed by atoms with E-state index in [4.69, 9.17) is 0 Å². The SMILES string of the molecule is CC1CC=Cc2c1c1cc3c(cc1n2-c1cccc(-c2ccc(-c4cccc5c4SC4=CC=CCC45)cc2)c1)c1ccccc1n3-c1ccccc1. The van der Waals surface area contributed by atoms with Gasteiger partial charge in [-0.3, -0.25) is 0 Å². The summed E-state index contributed by atoms with van der Waals surface area (Å²) < 4.78 is 4.95. The molecule has 6 aromatic carbocycles. The number of hydrogen-bond acceptors (Lipinski definition) is 1. The molecule has 8 aromatic rings. The number of nitrogens with zero attached hydrogens (tertiary/aromatic N) is 2. The van der Waals surface area contributed by atoms with E-state index in [1.165, 1.54) is 93.0 Å². The molecule has 0 saturated heterocycles. The lowest BCUT2D eigenvalue weighted by Crippen LogP contribution is -2.03. The van der Waals surface area contributed by atoms with E-state index in [1.807, 2.05) is 11.8 Å². The van der Waals surface area contributed by atoms with Crippen molar-refractivity contribution in [3.8, 4) is 33.6 Å². The maximum Gasteiger partial charge on any atom is 0.0548 e. The van der Waals surface area contributed by atoms with Gasteiger partial charge < -0.3 is 9.13 Å². The molecule has 0 bridgehead atoms. The van der Waals surface area contributed by atoms with E-state index in [0.29, 0.717) is 11.8 Å². The molecule has 52 heavy (non-hydrogen) atoms. The summed E-state index contributed by atoms with van der Waals surface area (Å²) in [6.07, 6.45) is 13.7. The molecule has 2 unspecified atom stereocenters. The molecule has 3 heteroatoms. The number of aromatic nitrogens is 2. The van der Waals surface area contributed by atoms with Crippen molar-refractivity contribution in [2.45, 2.75) is 36.5 Å². The Morgan fingerprint density at radius 2 is 1.35 bits per heavy atom. The molecular formula is C49H36N2S. The monoisotopic (exact) mass is 684 g/mol. The first-order chi connectivity index (χ1) is 25.7. The standard InChI is InChI=1S/C49H36N2S/c1-31-12-9-22-44-48(31)42-30-45-41(38-17-5-7-21-43(38)50(45)35-14-3-2-4-15-35)29-46(42)51(44)36-16-10-13-34(28-36)32-24-26-33(27-25-32)37-19-11-20-40-39-18-6-8-23-47(39)52-49(37)40/h2-11,13-17,19-31,39H,12,18H2,1H3. The van der Waals surface area contributed by atoms with Gasteiger partial charge in [-0.05, 0) is 106 Å². The van der Waals surface area contributed by atoms with Gasteiger partial charge in [0.1, 0.15) is 0 Å². The Hall–Kier alpha value is -5.77. The van der Waals surface area contributed by atoms with Crippen LogP contribution in [0.1, 0.15) is 48.4 Å². The normalized spacial score (nSPS) is 17.4. The highest BCUT2D eigenvalue weighted by Crippen LogP contribution is 2.54. The topological polar surface area (TPSA) is 9.86 Å². The fraction of sp³-hybridized carbons (Fsp3) is 0.102. The number of allylic oxidation sites excluding steroid dienone is 5. The minimum atomic E-state index is 0.431. The molecule has 248 valence electrons. The number of benzene rings is 6. The molecule has 0 N–H and O–H groups in total. The number of hydrogen-bond donors (Lipinski definition) is 0. The van der Waals surface area contributed by atoms with Crippen molar-refractivity contribution in [1.29, 1.82) is 0 Å². The molecule has 2 atom stereocenters. The van der Waals surface area contributed by atoms with Gasteiger partial charge in [0.15, 0.2) is 0 Å². The fourth-order valence-corrected chi connectivity index (χ4v) is 10.4. The van der Waals surface area contributed by atoms with Crippen LogP contribution in [0.3, 0.4) is 0 Å². The zero-order valence-electron chi connectivity index (χ0n) is 29.0. The summed E-state index contributed by atoms with van der Waals surface area (Å²) in [7, 11) is 0. The highest BCUT2D eigenvalue weighted by Gasteiger charge is 2.30. The van der Waals surface area contributed by atoms with Crippen molar-refractivity contribution < 1.29 is 0 Å². The van der Waals surface area contributed by atoms with Crippen LogP contribution >= 0.6 is 11.8 Å². The minimum absolute atomic E-state index is 0.431. The maximum atomic E-state index is 2.51. The first-order valence-electron chi connectivity index (χ1n) is 18.4. The third-order valence-corrected chi connectivity index (χ3v) is 12.8. The largest absolute Gasteiger partial charge is 0.310 e. The third kappa shape index (κ3) is 4.45. The van der Waals surface area contributed by atoms with Crippen molar-refractivity contribution >= 4 is 50.5 Å². The summed E-state index contributed by atoms with van der Waals surface area (Å²) >= 11 is 1.96. The lowest BCUT2D eigenvalue weighted by atomic mass is 9.90. The van der Waals surface area contributed by atoms with E-state index < -0.39 is 0 Å².